The first-order valence-electron chi connectivity index (χ1n) is 10.1. The van der Waals surface area contributed by atoms with E-state index in [1.165, 1.54) is 16.1 Å². The average molecular weight is 491 g/mol. The van der Waals surface area contributed by atoms with Gasteiger partial charge in [0.25, 0.3) is 0 Å². The number of ether oxygens (including phenoxy) is 1. The van der Waals surface area contributed by atoms with Crippen LogP contribution in [-0.4, -0.2) is 59.5 Å². The highest BCUT2D eigenvalue weighted by Crippen LogP contribution is 2.29. The molecule has 7 nitrogen and oxygen atoms in total. The van der Waals surface area contributed by atoms with Crippen LogP contribution in [0.3, 0.4) is 0 Å². The lowest BCUT2D eigenvalue weighted by Crippen LogP contribution is -2.40. The number of rotatable bonds is 8. The van der Waals surface area contributed by atoms with Crippen LogP contribution < -0.4 is 0 Å². The molecule has 0 atom stereocenters. The fourth-order valence-electron chi connectivity index (χ4n) is 3.39. The van der Waals surface area contributed by atoms with Crippen LogP contribution in [0.25, 0.3) is 11.4 Å². The number of benzene rings is 2. The Labute approximate surface area is 197 Å². The molecule has 0 amide bonds. The minimum Gasteiger partial charge on any atom is -0.379 e. The molecule has 0 spiro atoms. The fourth-order valence-corrected chi connectivity index (χ4v) is 5.70. The van der Waals surface area contributed by atoms with Gasteiger partial charge in [-0.2, -0.15) is 4.31 Å². The van der Waals surface area contributed by atoms with Gasteiger partial charge in [0.2, 0.25) is 10.0 Å². The molecule has 4 rings (SSSR count). The molecule has 3 aromatic rings. The number of thioether (sulfide) groups is 1. The van der Waals surface area contributed by atoms with Crippen LogP contribution in [0.4, 0.5) is 0 Å². The van der Waals surface area contributed by atoms with Crippen LogP contribution in [0.2, 0.25) is 0 Å². The molecule has 2 heterocycles. The molecule has 0 bridgehead atoms. The summed E-state index contributed by atoms with van der Waals surface area (Å²) < 4.78 is 35.0. The SMILES string of the molecule is C=C(Cl)CSc1nnc(-c2cccc(S(=O)(=O)N3CCOCC3)c2)n1Cc1ccccc1. The molecular weight excluding hydrogens is 468 g/mol. The lowest BCUT2D eigenvalue weighted by Gasteiger charge is -2.26. The molecule has 32 heavy (non-hydrogen) atoms. The quantitative estimate of drug-likeness (QED) is 0.446. The molecule has 10 heteroatoms. The summed E-state index contributed by atoms with van der Waals surface area (Å²) in [6, 6.07) is 16.8. The molecule has 1 fully saturated rings. The molecule has 0 unspecified atom stereocenters. The normalized spacial score (nSPS) is 15.0. The maximum atomic E-state index is 13.1. The second kappa shape index (κ2) is 10.2. The van der Waals surface area contributed by atoms with E-state index in [0.717, 1.165) is 5.56 Å². The molecule has 1 aliphatic rings. The molecule has 0 radical (unpaired) electrons. The van der Waals surface area contributed by atoms with Crippen molar-refractivity contribution in [1.29, 1.82) is 0 Å². The molecule has 0 aliphatic carbocycles. The van der Waals surface area contributed by atoms with Gasteiger partial charge in [-0.1, -0.05) is 72.4 Å². The summed E-state index contributed by atoms with van der Waals surface area (Å²) >= 11 is 7.40. The van der Waals surface area contributed by atoms with Gasteiger partial charge in [0.1, 0.15) is 0 Å². The standard InChI is InChI=1S/C22H23ClN4O3S2/c1-17(23)16-31-22-25-24-21(27(22)15-18-6-3-2-4-7-18)19-8-5-9-20(14-19)32(28,29)26-10-12-30-13-11-26/h2-9,14H,1,10-13,15-16H2. The Kier molecular flexibility index (Phi) is 7.32. The van der Waals surface area contributed by atoms with Crippen molar-refractivity contribution in [3.63, 3.8) is 0 Å². The van der Waals surface area contributed by atoms with Gasteiger partial charge in [0.15, 0.2) is 11.0 Å². The average Bonchev–Trinajstić information content (AvgIpc) is 3.21. The van der Waals surface area contributed by atoms with Crippen molar-refractivity contribution in [3.8, 4) is 11.4 Å². The highest BCUT2D eigenvalue weighted by molar-refractivity contribution is 7.99. The van der Waals surface area contributed by atoms with Crippen LogP contribution in [0, 0.1) is 0 Å². The highest BCUT2D eigenvalue weighted by Gasteiger charge is 2.27. The van der Waals surface area contributed by atoms with E-state index in [-0.39, 0.29) is 4.90 Å². The Balaban J connectivity index is 1.71. The molecule has 0 saturated carbocycles. The number of hydrogen-bond donors (Lipinski definition) is 0. The van der Waals surface area contributed by atoms with E-state index < -0.39 is 10.0 Å². The van der Waals surface area contributed by atoms with E-state index in [4.69, 9.17) is 16.3 Å². The first-order chi connectivity index (χ1) is 15.4. The third kappa shape index (κ3) is 5.24. The third-order valence-corrected chi connectivity index (χ3v) is 8.20. The van der Waals surface area contributed by atoms with Crippen LogP contribution in [0.15, 0.2) is 76.3 Å². The summed E-state index contributed by atoms with van der Waals surface area (Å²) in [6.07, 6.45) is 0. The Hall–Kier alpha value is -2.17. The first kappa shape index (κ1) is 23.0. The van der Waals surface area contributed by atoms with Crippen molar-refractivity contribution in [3.05, 3.63) is 71.8 Å². The van der Waals surface area contributed by atoms with Crippen molar-refractivity contribution < 1.29 is 13.2 Å². The Morgan fingerprint density at radius 3 is 2.56 bits per heavy atom. The lowest BCUT2D eigenvalue weighted by atomic mass is 10.2. The van der Waals surface area contributed by atoms with Gasteiger partial charge in [0.05, 0.1) is 24.7 Å². The zero-order valence-corrected chi connectivity index (χ0v) is 19.7. The highest BCUT2D eigenvalue weighted by atomic mass is 35.5. The predicted molar refractivity (Wildman–Crippen MR) is 126 cm³/mol. The second-order valence-electron chi connectivity index (χ2n) is 7.23. The summed E-state index contributed by atoms with van der Waals surface area (Å²) in [5.41, 5.74) is 1.76. The number of morpholine rings is 1. The summed E-state index contributed by atoms with van der Waals surface area (Å²) in [4.78, 5) is 0.231. The van der Waals surface area contributed by atoms with E-state index in [1.54, 1.807) is 18.2 Å². The van der Waals surface area contributed by atoms with E-state index in [0.29, 0.717) is 60.2 Å². The first-order valence-corrected chi connectivity index (χ1v) is 12.9. The van der Waals surface area contributed by atoms with Crippen molar-refractivity contribution in [2.75, 3.05) is 32.1 Å². The molecule has 1 aliphatic heterocycles. The molecule has 1 saturated heterocycles. The van der Waals surface area contributed by atoms with E-state index in [9.17, 15) is 8.42 Å². The van der Waals surface area contributed by atoms with Crippen LogP contribution >= 0.6 is 23.4 Å². The van der Waals surface area contributed by atoms with Gasteiger partial charge >= 0.3 is 0 Å². The lowest BCUT2D eigenvalue weighted by molar-refractivity contribution is 0.0730. The Morgan fingerprint density at radius 1 is 1.09 bits per heavy atom. The van der Waals surface area contributed by atoms with Crippen LogP contribution in [0.1, 0.15) is 5.56 Å². The number of hydrogen-bond acceptors (Lipinski definition) is 6. The molecule has 1 aromatic heterocycles. The zero-order chi connectivity index (χ0) is 22.6. The monoisotopic (exact) mass is 490 g/mol. The minimum absolute atomic E-state index is 0.231. The van der Waals surface area contributed by atoms with Crippen LogP contribution in [-0.2, 0) is 21.3 Å². The predicted octanol–water partition coefficient (Wildman–Crippen LogP) is 3.86. The van der Waals surface area contributed by atoms with E-state index in [1.807, 2.05) is 41.0 Å². The van der Waals surface area contributed by atoms with Crippen molar-refractivity contribution in [2.24, 2.45) is 0 Å². The van der Waals surface area contributed by atoms with Gasteiger partial charge in [-0.3, -0.25) is 4.57 Å². The fraction of sp³-hybridized carbons (Fsp3) is 0.273. The smallest absolute Gasteiger partial charge is 0.243 e. The largest absolute Gasteiger partial charge is 0.379 e. The van der Waals surface area contributed by atoms with Gasteiger partial charge in [-0.25, -0.2) is 8.42 Å². The maximum absolute atomic E-state index is 13.1. The van der Waals surface area contributed by atoms with Crippen molar-refractivity contribution in [2.45, 2.75) is 16.6 Å². The van der Waals surface area contributed by atoms with Crippen molar-refractivity contribution >= 4 is 33.4 Å². The molecular formula is C22H23ClN4O3S2. The number of nitrogens with zero attached hydrogens (tertiary/aromatic N) is 4. The summed E-state index contributed by atoms with van der Waals surface area (Å²) in [5.74, 6) is 1.09. The molecule has 2 aromatic carbocycles. The van der Waals surface area contributed by atoms with Gasteiger partial charge < -0.3 is 4.74 Å². The number of sulfonamides is 1. The van der Waals surface area contributed by atoms with Gasteiger partial charge in [-0.05, 0) is 17.7 Å². The minimum atomic E-state index is -3.62. The zero-order valence-electron chi connectivity index (χ0n) is 17.4. The van der Waals surface area contributed by atoms with Gasteiger partial charge in [0, 0.05) is 29.4 Å². The molecule has 0 N–H and O–H groups in total. The Bertz CT molecular complexity index is 1190. The summed E-state index contributed by atoms with van der Waals surface area (Å²) in [6.45, 7) is 5.77. The van der Waals surface area contributed by atoms with E-state index in [2.05, 4.69) is 16.8 Å². The maximum Gasteiger partial charge on any atom is 0.243 e. The summed E-state index contributed by atoms with van der Waals surface area (Å²) in [5, 5.41) is 9.93. The summed E-state index contributed by atoms with van der Waals surface area (Å²) in [7, 11) is -3.62. The number of halogens is 1. The number of aromatic nitrogens is 3. The van der Waals surface area contributed by atoms with Crippen LogP contribution in [0.5, 0.6) is 0 Å². The van der Waals surface area contributed by atoms with Gasteiger partial charge in [-0.15, -0.1) is 10.2 Å². The van der Waals surface area contributed by atoms with E-state index >= 15 is 0 Å². The van der Waals surface area contributed by atoms with Crippen molar-refractivity contribution in [1.82, 2.24) is 19.1 Å². The molecule has 168 valence electrons. The third-order valence-electron chi connectivity index (χ3n) is 4.96. The second-order valence-corrected chi connectivity index (χ2v) is 10.6. The topological polar surface area (TPSA) is 77.3 Å². The Morgan fingerprint density at radius 2 is 1.84 bits per heavy atom.